The lowest BCUT2D eigenvalue weighted by Gasteiger charge is -2.07. The van der Waals surface area contributed by atoms with Gasteiger partial charge in [0.15, 0.2) is 0 Å². The van der Waals surface area contributed by atoms with Crippen LogP contribution < -0.4 is 0 Å². The highest BCUT2D eigenvalue weighted by molar-refractivity contribution is 5.79. The first-order chi connectivity index (χ1) is 8.95. The second-order valence-electron chi connectivity index (χ2n) is 4.03. The van der Waals surface area contributed by atoms with E-state index in [4.69, 9.17) is 0 Å². The van der Waals surface area contributed by atoms with Crippen LogP contribution in [0.25, 0.3) is 22.4 Å². The molecule has 0 atom stereocenters. The molecule has 0 bridgehead atoms. The topological polar surface area (TPSA) is 25.8 Å². The summed E-state index contributed by atoms with van der Waals surface area (Å²) in [6.45, 7) is 0. The molecule has 0 amide bonds. The summed E-state index contributed by atoms with van der Waals surface area (Å²) in [5.41, 5.74) is 4.27. The van der Waals surface area contributed by atoms with E-state index in [-0.39, 0.29) is 0 Å². The van der Waals surface area contributed by atoms with E-state index in [0.29, 0.717) is 0 Å². The average molecular weight is 232 g/mol. The second kappa shape index (κ2) is 4.80. The van der Waals surface area contributed by atoms with Gasteiger partial charge in [-0.05, 0) is 11.6 Å². The Kier molecular flexibility index (Phi) is 2.84. The molecule has 2 heteroatoms. The van der Waals surface area contributed by atoms with Crippen LogP contribution in [0.2, 0.25) is 0 Å². The summed E-state index contributed by atoms with van der Waals surface area (Å²) in [6.07, 6.45) is 1.73. The number of benzene rings is 2. The van der Waals surface area contributed by atoms with E-state index in [0.717, 1.165) is 22.4 Å². The van der Waals surface area contributed by atoms with Gasteiger partial charge in [0.2, 0.25) is 0 Å². The average Bonchev–Trinajstić information content (AvgIpc) is 2.49. The molecular formula is C16H12N2. The van der Waals surface area contributed by atoms with Crippen molar-refractivity contribution in [2.75, 3.05) is 0 Å². The highest BCUT2D eigenvalue weighted by Crippen LogP contribution is 2.28. The maximum absolute atomic E-state index is 4.28. The van der Waals surface area contributed by atoms with E-state index < -0.39 is 0 Å². The minimum absolute atomic E-state index is 0.921. The summed E-state index contributed by atoms with van der Waals surface area (Å²) in [5, 5.41) is 8.27. The van der Waals surface area contributed by atoms with Gasteiger partial charge in [-0.3, -0.25) is 0 Å². The molecule has 0 radical (unpaired) electrons. The molecule has 0 aliphatic rings. The molecule has 2 aromatic carbocycles. The maximum Gasteiger partial charge on any atom is 0.101 e. The van der Waals surface area contributed by atoms with Gasteiger partial charge in [0.1, 0.15) is 5.69 Å². The van der Waals surface area contributed by atoms with Crippen LogP contribution in [0.4, 0.5) is 0 Å². The molecule has 0 saturated carbocycles. The van der Waals surface area contributed by atoms with Gasteiger partial charge in [-0.1, -0.05) is 60.7 Å². The lowest BCUT2D eigenvalue weighted by molar-refractivity contribution is 1.04. The van der Waals surface area contributed by atoms with Gasteiger partial charge in [-0.25, -0.2) is 0 Å². The number of nitrogens with zero attached hydrogens (tertiary/aromatic N) is 2. The first-order valence-electron chi connectivity index (χ1n) is 5.88. The third-order valence-electron chi connectivity index (χ3n) is 2.85. The molecule has 86 valence electrons. The van der Waals surface area contributed by atoms with Crippen LogP contribution in [0.1, 0.15) is 0 Å². The Labute approximate surface area is 106 Å². The zero-order valence-corrected chi connectivity index (χ0v) is 9.82. The zero-order chi connectivity index (χ0) is 12.2. The number of hydrogen-bond donors (Lipinski definition) is 0. The molecule has 0 fully saturated rings. The Balaban J connectivity index is 2.18. The second-order valence-corrected chi connectivity index (χ2v) is 4.03. The van der Waals surface area contributed by atoms with Crippen LogP contribution in [0.3, 0.4) is 0 Å². The van der Waals surface area contributed by atoms with Crippen molar-refractivity contribution in [1.29, 1.82) is 0 Å². The van der Waals surface area contributed by atoms with Gasteiger partial charge in [0.25, 0.3) is 0 Å². The smallest absolute Gasteiger partial charge is 0.101 e. The van der Waals surface area contributed by atoms with Crippen molar-refractivity contribution in [2.24, 2.45) is 0 Å². The lowest BCUT2D eigenvalue weighted by atomic mass is 10.0. The van der Waals surface area contributed by atoms with E-state index >= 15 is 0 Å². The summed E-state index contributed by atoms with van der Waals surface area (Å²) in [5.74, 6) is 0. The molecule has 0 aliphatic carbocycles. The highest BCUT2D eigenvalue weighted by Gasteiger charge is 2.07. The van der Waals surface area contributed by atoms with Crippen LogP contribution in [0.5, 0.6) is 0 Å². The molecule has 1 heterocycles. The first kappa shape index (κ1) is 10.7. The summed E-state index contributed by atoms with van der Waals surface area (Å²) >= 11 is 0. The molecule has 0 aliphatic heterocycles. The Morgan fingerprint density at radius 1 is 0.611 bits per heavy atom. The Hall–Kier alpha value is -2.48. The van der Waals surface area contributed by atoms with Crippen molar-refractivity contribution < 1.29 is 0 Å². The highest BCUT2D eigenvalue weighted by atomic mass is 15.1. The van der Waals surface area contributed by atoms with Crippen LogP contribution >= 0.6 is 0 Å². The summed E-state index contributed by atoms with van der Waals surface area (Å²) in [7, 11) is 0. The fraction of sp³-hybridized carbons (Fsp3) is 0. The number of rotatable bonds is 2. The van der Waals surface area contributed by atoms with Crippen molar-refractivity contribution in [3.63, 3.8) is 0 Å². The quantitative estimate of drug-likeness (QED) is 0.671. The molecule has 0 N–H and O–H groups in total. The van der Waals surface area contributed by atoms with E-state index in [1.807, 2.05) is 42.5 Å². The van der Waals surface area contributed by atoms with Crippen molar-refractivity contribution in [1.82, 2.24) is 10.2 Å². The standard InChI is InChI=1S/C16H12N2/c1-3-7-13(8-4-1)15-11-12-17-18-16(15)14-9-5-2-6-10-14/h1-12H. The van der Waals surface area contributed by atoms with Gasteiger partial charge in [0, 0.05) is 11.1 Å². The third kappa shape index (κ3) is 2.00. The van der Waals surface area contributed by atoms with E-state index in [2.05, 4.69) is 34.5 Å². The van der Waals surface area contributed by atoms with Crippen LogP contribution in [0, 0.1) is 0 Å². The molecule has 0 spiro atoms. The summed E-state index contributed by atoms with van der Waals surface area (Å²) in [6, 6.07) is 22.4. The SMILES string of the molecule is c1ccc(-c2ccnnc2-c2ccccc2)cc1. The predicted molar refractivity (Wildman–Crippen MR) is 72.9 cm³/mol. The van der Waals surface area contributed by atoms with Crippen molar-refractivity contribution in [3.05, 3.63) is 72.9 Å². The van der Waals surface area contributed by atoms with Gasteiger partial charge in [-0.15, -0.1) is 5.10 Å². The number of aromatic nitrogens is 2. The predicted octanol–water partition coefficient (Wildman–Crippen LogP) is 3.81. The van der Waals surface area contributed by atoms with Crippen molar-refractivity contribution in [3.8, 4) is 22.4 Å². The lowest BCUT2D eigenvalue weighted by Crippen LogP contribution is -1.91. The zero-order valence-electron chi connectivity index (χ0n) is 9.82. The Bertz CT molecular complexity index is 575. The molecule has 3 rings (SSSR count). The van der Waals surface area contributed by atoms with Crippen molar-refractivity contribution >= 4 is 0 Å². The monoisotopic (exact) mass is 232 g/mol. The molecular weight excluding hydrogens is 220 g/mol. The van der Waals surface area contributed by atoms with Gasteiger partial charge in [0.05, 0.1) is 6.20 Å². The summed E-state index contributed by atoms with van der Waals surface area (Å²) < 4.78 is 0. The normalized spacial score (nSPS) is 10.2. The minimum atomic E-state index is 0.921. The molecule has 0 saturated heterocycles. The molecule has 2 nitrogen and oxygen atoms in total. The maximum atomic E-state index is 4.28. The van der Waals surface area contributed by atoms with Gasteiger partial charge >= 0.3 is 0 Å². The van der Waals surface area contributed by atoms with Crippen LogP contribution in [0.15, 0.2) is 72.9 Å². The van der Waals surface area contributed by atoms with Crippen LogP contribution in [-0.2, 0) is 0 Å². The van der Waals surface area contributed by atoms with E-state index in [1.165, 1.54) is 0 Å². The fourth-order valence-electron chi connectivity index (χ4n) is 1.99. The van der Waals surface area contributed by atoms with Crippen molar-refractivity contribution in [2.45, 2.75) is 0 Å². The van der Waals surface area contributed by atoms with E-state index in [9.17, 15) is 0 Å². The largest absolute Gasteiger partial charge is 0.158 e. The molecule has 0 unspecified atom stereocenters. The Morgan fingerprint density at radius 3 is 1.89 bits per heavy atom. The van der Waals surface area contributed by atoms with Gasteiger partial charge in [-0.2, -0.15) is 5.10 Å². The first-order valence-corrected chi connectivity index (χ1v) is 5.88. The molecule has 18 heavy (non-hydrogen) atoms. The molecule has 1 aromatic heterocycles. The fourth-order valence-corrected chi connectivity index (χ4v) is 1.99. The third-order valence-corrected chi connectivity index (χ3v) is 2.85. The Morgan fingerprint density at radius 2 is 1.22 bits per heavy atom. The minimum Gasteiger partial charge on any atom is -0.158 e. The number of hydrogen-bond acceptors (Lipinski definition) is 2. The van der Waals surface area contributed by atoms with E-state index in [1.54, 1.807) is 6.20 Å². The molecule has 3 aromatic rings. The van der Waals surface area contributed by atoms with Crippen LogP contribution in [-0.4, -0.2) is 10.2 Å². The summed E-state index contributed by atoms with van der Waals surface area (Å²) in [4.78, 5) is 0. The van der Waals surface area contributed by atoms with Gasteiger partial charge < -0.3 is 0 Å².